The van der Waals surface area contributed by atoms with Crippen LogP contribution < -0.4 is 10.1 Å². The van der Waals surface area contributed by atoms with Crippen molar-refractivity contribution < 1.29 is 9.53 Å². The maximum absolute atomic E-state index is 10.6. The minimum absolute atomic E-state index is 0.0188. The van der Waals surface area contributed by atoms with Gasteiger partial charge in [0.15, 0.2) is 0 Å². The Morgan fingerprint density at radius 3 is 2.60 bits per heavy atom. The smallest absolute Gasteiger partial charge is 0.216 e. The summed E-state index contributed by atoms with van der Waals surface area (Å²) in [7, 11) is 1.65. The highest BCUT2D eigenvalue weighted by Gasteiger charge is 1.95. The fraction of sp³-hybridized carbons (Fsp3) is 0.364. The minimum atomic E-state index is 0.0188. The second-order valence-corrected chi connectivity index (χ2v) is 4.18. The molecule has 0 aromatic heterocycles. The van der Waals surface area contributed by atoms with Crippen LogP contribution >= 0.6 is 11.8 Å². The lowest BCUT2D eigenvalue weighted by atomic mass is 10.3. The average molecular weight is 225 g/mol. The summed E-state index contributed by atoms with van der Waals surface area (Å²) in [4.78, 5) is 11.8. The van der Waals surface area contributed by atoms with Gasteiger partial charge in [0.25, 0.3) is 0 Å². The summed E-state index contributed by atoms with van der Waals surface area (Å²) < 4.78 is 5.06. The van der Waals surface area contributed by atoms with Crippen LogP contribution in [0.1, 0.15) is 6.92 Å². The number of rotatable bonds is 5. The largest absolute Gasteiger partial charge is 0.497 e. The van der Waals surface area contributed by atoms with Crippen LogP contribution in [0.3, 0.4) is 0 Å². The average Bonchev–Trinajstić information content (AvgIpc) is 2.25. The quantitative estimate of drug-likeness (QED) is 0.614. The SMILES string of the molecule is COc1ccc(SCCNC(C)=O)cc1. The molecule has 0 saturated heterocycles. The molecular formula is C11H15NO2S. The predicted octanol–water partition coefficient (Wildman–Crippen LogP) is 1.92. The highest BCUT2D eigenvalue weighted by atomic mass is 32.2. The second kappa shape index (κ2) is 6.35. The van der Waals surface area contributed by atoms with Crippen LogP contribution in [-0.2, 0) is 4.79 Å². The topological polar surface area (TPSA) is 38.3 Å². The predicted molar refractivity (Wildman–Crippen MR) is 62.4 cm³/mol. The van der Waals surface area contributed by atoms with E-state index in [2.05, 4.69) is 5.32 Å². The highest BCUT2D eigenvalue weighted by Crippen LogP contribution is 2.20. The molecule has 4 heteroatoms. The van der Waals surface area contributed by atoms with E-state index in [9.17, 15) is 4.79 Å². The normalized spacial score (nSPS) is 9.73. The fourth-order valence-corrected chi connectivity index (χ4v) is 1.84. The molecule has 0 unspecified atom stereocenters. The van der Waals surface area contributed by atoms with E-state index in [0.717, 1.165) is 11.5 Å². The summed E-state index contributed by atoms with van der Waals surface area (Å²) in [6.07, 6.45) is 0. The summed E-state index contributed by atoms with van der Waals surface area (Å²) in [5.74, 6) is 1.76. The van der Waals surface area contributed by atoms with E-state index in [0.29, 0.717) is 6.54 Å². The van der Waals surface area contributed by atoms with E-state index in [1.807, 2.05) is 24.3 Å². The van der Waals surface area contributed by atoms with Gasteiger partial charge in [0.05, 0.1) is 7.11 Å². The van der Waals surface area contributed by atoms with Gasteiger partial charge in [0, 0.05) is 24.1 Å². The van der Waals surface area contributed by atoms with Crippen molar-refractivity contribution >= 4 is 17.7 Å². The van der Waals surface area contributed by atoms with Crippen LogP contribution in [0.15, 0.2) is 29.2 Å². The Bertz CT molecular complexity index is 311. The molecule has 0 aliphatic rings. The van der Waals surface area contributed by atoms with Crippen molar-refractivity contribution in [1.82, 2.24) is 5.32 Å². The van der Waals surface area contributed by atoms with Crippen molar-refractivity contribution in [2.45, 2.75) is 11.8 Å². The standard InChI is InChI=1S/C11H15NO2S/c1-9(13)12-7-8-15-11-5-3-10(14-2)4-6-11/h3-6H,7-8H2,1-2H3,(H,12,13). The van der Waals surface area contributed by atoms with E-state index >= 15 is 0 Å². The molecule has 0 spiro atoms. The van der Waals surface area contributed by atoms with Crippen molar-refractivity contribution in [2.75, 3.05) is 19.4 Å². The number of amides is 1. The zero-order chi connectivity index (χ0) is 11.1. The van der Waals surface area contributed by atoms with Crippen LogP contribution in [0.2, 0.25) is 0 Å². The molecule has 3 nitrogen and oxygen atoms in total. The number of carbonyl (C=O) groups is 1. The van der Waals surface area contributed by atoms with E-state index in [1.54, 1.807) is 18.9 Å². The summed E-state index contributed by atoms with van der Waals surface area (Å²) in [5, 5.41) is 2.75. The number of benzene rings is 1. The Morgan fingerprint density at radius 2 is 2.07 bits per heavy atom. The van der Waals surface area contributed by atoms with Crippen LogP contribution in [0.4, 0.5) is 0 Å². The highest BCUT2D eigenvalue weighted by molar-refractivity contribution is 7.99. The van der Waals surface area contributed by atoms with Crippen LogP contribution in [0.25, 0.3) is 0 Å². The van der Waals surface area contributed by atoms with Gasteiger partial charge in [-0.15, -0.1) is 11.8 Å². The summed E-state index contributed by atoms with van der Waals surface area (Å²) in [5.41, 5.74) is 0. The lowest BCUT2D eigenvalue weighted by Gasteiger charge is -2.03. The third kappa shape index (κ3) is 4.74. The van der Waals surface area contributed by atoms with Crippen LogP contribution in [0.5, 0.6) is 5.75 Å². The molecule has 1 aromatic carbocycles. The number of hydrogen-bond donors (Lipinski definition) is 1. The van der Waals surface area contributed by atoms with Gasteiger partial charge in [-0.1, -0.05) is 0 Å². The first kappa shape index (κ1) is 11.9. The van der Waals surface area contributed by atoms with Gasteiger partial charge in [-0.25, -0.2) is 0 Å². The van der Waals surface area contributed by atoms with Crippen molar-refractivity contribution in [2.24, 2.45) is 0 Å². The lowest BCUT2D eigenvalue weighted by molar-refractivity contribution is -0.118. The molecule has 0 saturated carbocycles. The van der Waals surface area contributed by atoms with Crippen molar-refractivity contribution in [1.29, 1.82) is 0 Å². The van der Waals surface area contributed by atoms with E-state index in [-0.39, 0.29) is 5.91 Å². The number of carbonyl (C=O) groups excluding carboxylic acids is 1. The summed E-state index contributed by atoms with van der Waals surface area (Å²) >= 11 is 1.71. The number of methoxy groups -OCH3 is 1. The maximum atomic E-state index is 10.6. The molecule has 0 fully saturated rings. The summed E-state index contributed by atoms with van der Waals surface area (Å²) in [6.45, 7) is 2.23. The molecule has 15 heavy (non-hydrogen) atoms. The lowest BCUT2D eigenvalue weighted by Crippen LogP contribution is -2.22. The first-order valence-corrected chi connectivity index (χ1v) is 5.72. The van der Waals surface area contributed by atoms with Gasteiger partial charge in [0.1, 0.15) is 5.75 Å². The Morgan fingerprint density at radius 1 is 1.40 bits per heavy atom. The van der Waals surface area contributed by atoms with Gasteiger partial charge in [0.2, 0.25) is 5.91 Å². The number of nitrogens with one attached hydrogen (secondary N) is 1. The van der Waals surface area contributed by atoms with Crippen molar-refractivity contribution in [3.63, 3.8) is 0 Å². The molecule has 82 valence electrons. The molecule has 0 aliphatic carbocycles. The molecule has 1 aromatic rings. The number of hydrogen-bond acceptors (Lipinski definition) is 3. The molecule has 0 atom stereocenters. The van der Waals surface area contributed by atoms with Crippen molar-refractivity contribution in [3.05, 3.63) is 24.3 Å². The molecular weight excluding hydrogens is 210 g/mol. The van der Waals surface area contributed by atoms with E-state index in [4.69, 9.17) is 4.74 Å². The molecule has 0 heterocycles. The van der Waals surface area contributed by atoms with E-state index < -0.39 is 0 Å². The molecule has 1 rings (SSSR count). The molecule has 0 radical (unpaired) electrons. The molecule has 1 N–H and O–H groups in total. The second-order valence-electron chi connectivity index (χ2n) is 3.01. The monoisotopic (exact) mass is 225 g/mol. The number of thioether (sulfide) groups is 1. The Hall–Kier alpha value is -1.16. The van der Waals surface area contributed by atoms with E-state index in [1.165, 1.54) is 11.8 Å². The zero-order valence-electron chi connectivity index (χ0n) is 8.95. The third-order valence-corrected chi connectivity index (χ3v) is 2.82. The summed E-state index contributed by atoms with van der Waals surface area (Å²) in [6, 6.07) is 7.88. The number of ether oxygens (including phenoxy) is 1. The Balaban J connectivity index is 2.28. The fourth-order valence-electron chi connectivity index (χ4n) is 1.07. The first-order chi connectivity index (χ1) is 7.22. The van der Waals surface area contributed by atoms with Gasteiger partial charge in [-0.05, 0) is 24.3 Å². The molecule has 0 aliphatic heterocycles. The molecule has 0 bridgehead atoms. The van der Waals surface area contributed by atoms with Gasteiger partial charge in [-0.2, -0.15) is 0 Å². The van der Waals surface area contributed by atoms with Gasteiger partial charge < -0.3 is 10.1 Å². The zero-order valence-corrected chi connectivity index (χ0v) is 9.76. The maximum Gasteiger partial charge on any atom is 0.216 e. The van der Waals surface area contributed by atoms with Crippen molar-refractivity contribution in [3.8, 4) is 5.75 Å². The van der Waals surface area contributed by atoms with Crippen LogP contribution in [0, 0.1) is 0 Å². The Kier molecular flexibility index (Phi) is 5.04. The Labute approximate surface area is 94.2 Å². The molecule has 1 amide bonds. The first-order valence-electron chi connectivity index (χ1n) is 4.73. The van der Waals surface area contributed by atoms with Gasteiger partial charge >= 0.3 is 0 Å². The van der Waals surface area contributed by atoms with Gasteiger partial charge in [-0.3, -0.25) is 4.79 Å². The third-order valence-electron chi connectivity index (χ3n) is 1.80. The minimum Gasteiger partial charge on any atom is -0.497 e. The van der Waals surface area contributed by atoms with Crippen LogP contribution in [-0.4, -0.2) is 25.3 Å².